The van der Waals surface area contributed by atoms with Crippen molar-refractivity contribution in [1.82, 2.24) is 9.29 Å². The minimum Gasteiger partial charge on any atom is -0.480 e. The van der Waals surface area contributed by atoms with Crippen molar-refractivity contribution in [2.45, 2.75) is 39.7 Å². The number of carboxylic acid groups (broad SMARTS) is 1. The van der Waals surface area contributed by atoms with Crippen LogP contribution >= 0.6 is 10.4 Å². The molecule has 7 heteroatoms. The van der Waals surface area contributed by atoms with Gasteiger partial charge in [-0.1, -0.05) is 0 Å². The molecule has 1 atom stereocenters. The maximum absolute atomic E-state index is 12.0. The maximum Gasteiger partial charge on any atom is 0.325 e. The first-order chi connectivity index (χ1) is 12.1. The van der Waals surface area contributed by atoms with Crippen molar-refractivity contribution in [3.63, 3.8) is 0 Å². The lowest BCUT2D eigenvalue weighted by Gasteiger charge is -2.35. The third-order valence-electron chi connectivity index (χ3n) is 4.84. The molecule has 2 N–H and O–H groups in total. The van der Waals surface area contributed by atoms with Gasteiger partial charge in [0.15, 0.2) is 5.71 Å². The second-order valence-electron chi connectivity index (χ2n) is 7.18. The van der Waals surface area contributed by atoms with Crippen molar-refractivity contribution in [3.8, 4) is 0 Å². The number of carbonyl (C=O) groups excluding carboxylic acids is 1. The molecule has 1 unspecified atom stereocenters. The Labute approximate surface area is 155 Å². The highest BCUT2D eigenvalue weighted by Crippen LogP contribution is 2.52. The number of aromatic nitrogens is 1. The van der Waals surface area contributed by atoms with Crippen LogP contribution in [-0.4, -0.2) is 49.2 Å². The molecule has 0 aromatic carbocycles. The lowest BCUT2D eigenvalue weighted by Crippen LogP contribution is -2.38. The van der Waals surface area contributed by atoms with Crippen LogP contribution in [0.5, 0.6) is 0 Å². The lowest BCUT2D eigenvalue weighted by atomic mass is 10.2. The fourth-order valence-electron chi connectivity index (χ4n) is 3.72. The summed E-state index contributed by atoms with van der Waals surface area (Å²) in [7, 11) is -1.31. The van der Waals surface area contributed by atoms with Crippen LogP contribution in [0.1, 0.15) is 36.7 Å². The summed E-state index contributed by atoms with van der Waals surface area (Å²) in [6, 6.07) is 1.35. The molecule has 0 spiro atoms. The largest absolute Gasteiger partial charge is 0.480 e. The molecule has 0 radical (unpaired) electrons. The molecule has 0 saturated carbocycles. The predicted molar refractivity (Wildman–Crippen MR) is 106 cm³/mol. The smallest absolute Gasteiger partial charge is 0.325 e. The number of hydrogen-bond acceptors (Lipinski definition) is 2. The Morgan fingerprint density at radius 1 is 1.31 bits per heavy atom. The molecule has 0 bridgehead atoms. The van der Waals surface area contributed by atoms with Crippen LogP contribution in [0.25, 0.3) is 6.08 Å². The zero-order valence-corrected chi connectivity index (χ0v) is 16.7. The van der Waals surface area contributed by atoms with E-state index < -0.39 is 22.4 Å². The van der Waals surface area contributed by atoms with Gasteiger partial charge in [-0.2, -0.15) is 0 Å². The number of nitrogens with zero attached hydrogens (tertiary/aromatic N) is 2. The normalized spacial score (nSPS) is 19.5. The van der Waals surface area contributed by atoms with Gasteiger partial charge in [-0.3, -0.25) is 13.6 Å². The van der Waals surface area contributed by atoms with E-state index in [0.29, 0.717) is 6.42 Å². The first-order valence-corrected chi connectivity index (χ1v) is 11.0. The molecule has 1 aromatic heterocycles. The quantitative estimate of drug-likeness (QED) is 0.776. The van der Waals surface area contributed by atoms with Crippen LogP contribution in [-0.2, 0) is 9.59 Å². The first-order valence-electron chi connectivity index (χ1n) is 8.64. The van der Waals surface area contributed by atoms with Crippen LogP contribution in [0, 0.1) is 13.8 Å². The molecule has 0 saturated heterocycles. The molecule has 2 aliphatic rings. The third kappa shape index (κ3) is 3.00. The number of nitrogens with one attached hydrogen (secondary N) is 1. The summed E-state index contributed by atoms with van der Waals surface area (Å²) in [5.41, 5.74) is 6.04. The molecule has 0 aliphatic carbocycles. The Balaban J connectivity index is 1.86. The molecule has 3 heterocycles. The molecule has 26 heavy (non-hydrogen) atoms. The van der Waals surface area contributed by atoms with Gasteiger partial charge < -0.3 is 10.4 Å². The Morgan fingerprint density at radius 2 is 2.00 bits per heavy atom. The highest BCUT2D eigenvalue weighted by Gasteiger charge is 2.41. The summed E-state index contributed by atoms with van der Waals surface area (Å²) in [4.78, 5) is 22.9. The van der Waals surface area contributed by atoms with Gasteiger partial charge in [0.05, 0.1) is 5.69 Å². The topological polar surface area (TPSA) is 74.3 Å². The van der Waals surface area contributed by atoms with Gasteiger partial charge in [0.1, 0.15) is 6.04 Å². The number of rotatable bonds is 5. The van der Waals surface area contributed by atoms with E-state index in [0.717, 1.165) is 11.4 Å². The summed E-state index contributed by atoms with van der Waals surface area (Å²) in [6.07, 6.45) is 11.8. The molecule has 1 amide bonds. The Morgan fingerprint density at radius 3 is 2.65 bits per heavy atom. The van der Waals surface area contributed by atoms with Crippen molar-refractivity contribution in [3.05, 3.63) is 40.9 Å². The second-order valence-corrected chi connectivity index (χ2v) is 10.4. The number of fused-ring (bicyclic) bond motifs is 2. The Kier molecular flexibility index (Phi) is 4.60. The van der Waals surface area contributed by atoms with Crippen LogP contribution in [0.2, 0.25) is 0 Å². The second kappa shape index (κ2) is 6.46. The monoisotopic (exact) mass is 376 g/mol. The van der Waals surface area contributed by atoms with Crippen molar-refractivity contribution in [2.24, 2.45) is 0 Å². The van der Waals surface area contributed by atoms with E-state index in [2.05, 4.69) is 63.9 Å². The average Bonchev–Trinajstić information content (AvgIpc) is 3.07. The van der Waals surface area contributed by atoms with Gasteiger partial charge in [-0.05, 0) is 32.4 Å². The highest BCUT2D eigenvalue weighted by molar-refractivity contribution is 8.26. The maximum atomic E-state index is 12.0. The highest BCUT2D eigenvalue weighted by atomic mass is 32.3. The van der Waals surface area contributed by atoms with Crippen LogP contribution < -0.4 is 5.32 Å². The van der Waals surface area contributed by atoms with Gasteiger partial charge in [0, 0.05) is 59.7 Å². The number of carboxylic acids is 1. The number of aliphatic carboxylic acids is 1. The molecule has 0 fully saturated rings. The summed E-state index contributed by atoms with van der Waals surface area (Å²) in [5, 5.41) is 11.4. The zero-order valence-electron chi connectivity index (χ0n) is 15.9. The van der Waals surface area contributed by atoms with E-state index in [9.17, 15) is 9.59 Å². The van der Waals surface area contributed by atoms with Crippen molar-refractivity contribution in [2.75, 3.05) is 12.5 Å². The van der Waals surface area contributed by atoms with Crippen LogP contribution in [0.3, 0.4) is 0 Å². The minimum absolute atomic E-state index is 0.239. The number of allylic oxidation sites excluding steroid dienone is 2. The molecule has 2 aliphatic heterocycles. The fraction of sp³-hybridized carbons (Fsp3) is 0.421. The fourth-order valence-corrected chi connectivity index (χ4v) is 6.67. The van der Waals surface area contributed by atoms with Crippen molar-refractivity contribution in [1.29, 1.82) is 0 Å². The van der Waals surface area contributed by atoms with Gasteiger partial charge >= 0.3 is 5.97 Å². The van der Waals surface area contributed by atoms with Gasteiger partial charge in [-0.15, -0.1) is 3.98 Å². The van der Waals surface area contributed by atoms with E-state index in [1.807, 2.05) is 0 Å². The number of amides is 1. The summed E-state index contributed by atoms with van der Waals surface area (Å²) >= 11 is 0. The third-order valence-corrected chi connectivity index (χ3v) is 7.56. The standard InChI is InChI=1S/C19H25N3O3S/c1-12-10-13(2)21-17(12)11-16-7-6-15(22(16)26(21,4)5)8-9-18(23)20-14(3)19(24)25/h6-7,10-11,14H,8-9H2,1-5H3,(H-,20,23,24,25)/p+1. The molecule has 140 valence electrons. The first kappa shape index (κ1) is 18.5. The summed E-state index contributed by atoms with van der Waals surface area (Å²) < 4.78 is 4.76. The lowest BCUT2D eigenvalue weighted by molar-refractivity contribution is -0.286. The van der Waals surface area contributed by atoms with Crippen molar-refractivity contribution < 1.29 is 18.7 Å². The van der Waals surface area contributed by atoms with Gasteiger partial charge in [0.2, 0.25) is 11.6 Å². The van der Waals surface area contributed by atoms with E-state index in [-0.39, 0.29) is 12.3 Å². The molecule has 6 nitrogen and oxygen atoms in total. The van der Waals surface area contributed by atoms with Crippen LogP contribution in [0.4, 0.5) is 0 Å². The van der Waals surface area contributed by atoms with E-state index in [1.54, 1.807) is 0 Å². The zero-order chi connectivity index (χ0) is 19.2. The molecular formula is C19H26N3O3S+. The summed E-state index contributed by atoms with van der Waals surface area (Å²) in [5.74, 6) is -1.26. The average molecular weight is 377 g/mol. The Bertz CT molecular complexity index is 890. The minimum atomic E-state index is -1.31. The SMILES string of the molecule is Cc1cc(C)n2c1C=C1C=CC(CCC(=O)NC(C)C(=O)O)=[N+]1S2(C)C. The molecule has 3 rings (SSSR count). The summed E-state index contributed by atoms with van der Waals surface area (Å²) in [6.45, 7) is 5.74. The van der Waals surface area contributed by atoms with Crippen molar-refractivity contribution >= 4 is 34.1 Å². The van der Waals surface area contributed by atoms with Crippen LogP contribution in [0.15, 0.2) is 23.9 Å². The van der Waals surface area contributed by atoms with E-state index >= 15 is 0 Å². The number of carbonyl (C=O) groups is 2. The number of aryl methyl sites for hydroxylation is 2. The van der Waals surface area contributed by atoms with E-state index in [4.69, 9.17) is 5.11 Å². The molecule has 1 aromatic rings. The predicted octanol–water partition coefficient (Wildman–Crippen LogP) is 2.59. The Hall–Kier alpha value is -2.28. The van der Waals surface area contributed by atoms with E-state index in [1.165, 1.54) is 23.9 Å². The number of hydrogen-bond donors (Lipinski definition) is 2. The van der Waals surface area contributed by atoms with Gasteiger partial charge in [-0.25, -0.2) is 0 Å². The van der Waals surface area contributed by atoms with Gasteiger partial charge in [0.25, 0.3) is 0 Å². The molecular weight excluding hydrogens is 350 g/mol.